The molecule has 4 heteroatoms. The quantitative estimate of drug-likeness (QED) is 0.516. The molecule has 0 N–H and O–H groups in total. The molecule has 0 aliphatic heterocycles. The number of benzene rings is 3. The van der Waals surface area contributed by atoms with Crippen LogP contribution >= 0.6 is 0 Å². The van der Waals surface area contributed by atoms with Crippen molar-refractivity contribution in [3.8, 4) is 0 Å². The third-order valence-corrected chi connectivity index (χ3v) is 6.15. The number of para-hydroxylation sites is 1. The van der Waals surface area contributed by atoms with Crippen molar-refractivity contribution < 1.29 is 46.5 Å². The number of halogens is 2. The van der Waals surface area contributed by atoms with Gasteiger partial charge in [0.1, 0.15) is 0 Å². The zero-order valence-corrected chi connectivity index (χ0v) is 20.9. The molecule has 30 heavy (non-hydrogen) atoms. The summed E-state index contributed by atoms with van der Waals surface area (Å²) in [7, 11) is 0. The van der Waals surface area contributed by atoms with Gasteiger partial charge in [-0.15, -0.1) is 12.2 Å². The second-order valence-corrected chi connectivity index (χ2v) is 7.53. The van der Waals surface area contributed by atoms with Crippen LogP contribution in [0.15, 0.2) is 83.4 Å². The van der Waals surface area contributed by atoms with Crippen LogP contribution in [-0.4, -0.2) is 0 Å². The van der Waals surface area contributed by atoms with Crippen LogP contribution in [0.25, 0.3) is 21.7 Å². The van der Waals surface area contributed by atoms with E-state index >= 15 is 0 Å². The van der Waals surface area contributed by atoms with Gasteiger partial charge in [-0.2, -0.15) is 0 Å². The van der Waals surface area contributed by atoms with E-state index in [1.165, 1.54) is 44.2 Å². The summed E-state index contributed by atoms with van der Waals surface area (Å²) in [6.07, 6.45) is 0. The van der Waals surface area contributed by atoms with E-state index in [0.29, 0.717) is 12.5 Å². The zero-order chi connectivity index (χ0) is 19.0. The number of allylic oxidation sites excluding steroid dienone is 4. The Bertz CT molecular complexity index is 1070. The molecule has 0 fully saturated rings. The first-order chi connectivity index (χ1) is 13.1. The Balaban J connectivity index is 0.00000150. The van der Waals surface area contributed by atoms with E-state index in [1.54, 1.807) is 0 Å². The molecule has 153 valence electrons. The molecule has 1 aliphatic carbocycles. The summed E-state index contributed by atoms with van der Waals surface area (Å²) < 4.78 is 0. The predicted octanol–water partition coefficient (Wildman–Crippen LogP) is 1.81. The molecule has 1 radical (unpaired) electrons. The average molecular weight is 471 g/mol. The van der Waals surface area contributed by atoms with E-state index in [0.717, 1.165) is 5.69 Å². The molecule has 0 spiro atoms. The standard InChI is InChI=1S/C26H26N.2ClH.Ti/c1-17-18(2)20(4)26(19(17)3)24-15-14-21-10-8-9-13-23(21)25(24)16-27-22-11-6-5-7-12-22;;;/h5-15,19H,16H2,1-4H3;2*1H;/q-1;;;+3/p-2. The maximum Gasteiger partial charge on any atom is 3.00 e. The molecule has 0 saturated carbocycles. The number of hydrogen-bond donors (Lipinski definition) is 0. The van der Waals surface area contributed by atoms with Crippen molar-refractivity contribution >= 4 is 22.0 Å². The van der Waals surface area contributed by atoms with Crippen molar-refractivity contribution in [1.82, 2.24) is 0 Å². The van der Waals surface area contributed by atoms with Gasteiger partial charge in [-0.25, -0.2) is 0 Å². The SMILES string of the molecule is CC1=C(C)C(C)C(c2ccc3ccccc3c2C[N-]c2ccccc2)=C1C.[Cl-].[Cl-].[Ti+3]. The summed E-state index contributed by atoms with van der Waals surface area (Å²) in [6, 6.07) is 23.5. The van der Waals surface area contributed by atoms with Gasteiger partial charge in [-0.1, -0.05) is 84.8 Å². The maximum absolute atomic E-state index is 4.91. The Morgan fingerprint density at radius 1 is 0.767 bits per heavy atom. The number of nitrogens with zero attached hydrogens (tertiary/aromatic N) is 1. The van der Waals surface area contributed by atoms with Crippen molar-refractivity contribution in [3.63, 3.8) is 0 Å². The van der Waals surface area contributed by atoms with Crippen LogP contribution in [0.3, 0.4) is 0 Å². The maximum atomic E-state index is 4.91. The van der Waals surface area contributed by atoms with Crippen molar-refractivity contribution in [2.24, 2.45) is 5.92 Å². The number of rotatable bonds is 4. The van der Waals surface area contributed by atoms with Gasteiger partial charge in [0, 0.05) is 5.92 Å². The third-order valence-electron chi connectivity index (χ3n) is 6.15. The molecular formula is C26H26Cl2NTi. The average Bonchev–Trinajstić information content (AvgIpc) is 2.90. The molecular weight excluding hydrogens is 445 g/mol. The molecule has 1 aliphatic rings. The van der Waals surface area contributed by atoms with Crippen LogP contribution in [0.4, 0.5) is 5.69 Å². The van der Waals surface area contributed by atoms with E-state index in [-0.39, 0.29) is 46.5 Å². The summed E-state index contributed by atoms with van der Waals surface area (Å²) in [5.74, 6) is 0.460. The topological polar surface area (TPSA) is 14.1 Å². The van der Waals surface area contributed by atoms with Crippen LogP contribution in [0, 0.1) is 5.92 Å². The van der Waals surface area contributed by atoms with Gasteiger partial charge < -0.3 is 30.1 Å². The van der Waals surface area contributed by atoms with Gasteiger partial charge in [0.2, 0.25) is 0 Å². The first-order valence-electron chi connectivity index (χ1n) is 9.70. The Labute approximate surface area is 207 Å². The Hall–Kier alpha value is -1.51. The minimum Gasteiger partial charge on any atom is -1.00 e. The third kappa shape index (κ3) is 4.87. The van der Waals surface area contributed by atoms with Crippen molar-refractivity contribution in [2.75, 3.05) is 0 Å². The molecule has 3 aromatic carbocycles. The Kier molecular flexibility index (Phi) is 9.91. The van der Waals surface area contributed by atoms with Crippen molar-refractivity contribution in [2.45, 2.75) is 34.2 Å². The first kappa shape index (κ1) is 26.5. The van der Waals surface area contributed by atoms with Gasteiger partial charge in [0.05, 0.1) is 0 Å². The fourth-order valence-corrected chi connectivity index (χ4v) is 4.26. The summed E-state index contributed by atoms with van der Waals surface area (Å²) in [5.41, 5.74) is 9.55. The van der Waals surface area contributed by atoms with Crippen molar-refractivity contribution in [3.05, 3.63) is 99.9 Å². The minimum absolute atomic E-state index is 0. The monoisotopic (exact) mass is 470 g/mol. The fourth-order valence-electron chi connectivity index (χ4n) is 4.26. The molecule has 0 saturated heterocycles. The van der Waals surface area contributed by atoms with Gasteiger partial charge >= 0.3 is 21.7 Å². The predicted molar refractivity (Wildman–Crippen MR) is 117 cm³/mol. The van der Waals surface area contributed by atoms with E-state index in [4.69, 9.17) is 5.32 Å². The molecule has 3 aromatic rings. The van der Waals surface area contributed by atoms with Gasteiger partial charge in [-0.3, -0.25) is 0 Å². The second kappa shape index (κ2) is 11.2. The van der Waals surface area contributed by atoms with Crippen LogP contribution in [0.1, 0.15) is 38.8 Å². The summed E-state index contributed by atoms with van der Waals surface area (Å²) >= 11 is 0. The van der Waals surface area contributed by atoms with Crippen LogP contribution in [0.2, 0.25) is 0 Å². The van der Waals surface area contributed by atoms with Crippen LogP contribution in [-0.2, 0) is 28.3 Å². The van der Waals surface area contributed by atoms with E-state index in [1.807, 2.05) is 18.2 Å². The Morgan fingerprint density at radius 2 is 1.40 bits per heavy atom. The first-order valence-corrected chi connectivity index (χ1v) is 9.70. The van der Waals surface area contributed by atoms with Gasteiger partial charge in [-0.05, 0) is 53.8 Å². The molecule has 0 amide bonds. The summed E-state index contributed by atoms with van der Waals surface area (Å²) in [4.78, 5) is 0. The van der Waals surface area contributed by atoms with Crippen molar-refractivity contribution in [1.29, 1.82) is 0 Å². The smallest absolute Gasteiger partial charge is 1.00 e. The zero-order valence-electron chi connectivity index (χ0n) is 17.8. The second-order valence-electron chi connectivity index (χ2n) is 7.53. The van der Waals surface area contributed by atoms with E-state index in [9.17, 15) is 0 Å². The molecule has 1 unspecified atom stereocenters. The molecule has 1 nitrogen and oxygen atoms in total. The molecule has 0 aromatic heterocycles. The van der Waals surface area contributed by atoms with Gasteiger partial charge in [0.15, 0.2) is 0 Å². The van der Waals surface area contributed by atoms with Crippen LogP contribution < -0.4 is 24.8 Å². The molecule has 0 heterocycles. The van der Waals surface area contributed by atoms with Crippen LogP contribution in [0.5, 0.6) is 0 Å². The summed E-state index contributed by atoms with van der Waals surface area (Å²) in [6.45, 7) is 9.82. The largest absolute Gasteiger partial charge is 3.00 e. The fraction of sp³-hybridized carbons (Fsp3) is 0.231. The van der Waals surface area contributed by atoms with E-state index < -0.39 is 0 Å². The van der Waals surface area contributed by atoms with E-state index in [2.05, 4.69) is 76.2 Å². The summed E-state index contributed by atoms with van der Waals surface area (Å²) in [5, 5.41) is 7.50. The molecule has 0 bridgehead atoms. The van der Waals surface area contributed by atoms with Gasteiger partial charge in [0.25, 0.3) is 0 Å². The Morgan fingerprint density at radius 3 is 2.03 bits per heavy atom. The minimum atomic E-state index is 0. The molecule has 1 atom stereocenters. The number of hydrogen-bond acceptors (Lipinski definition) is 0. The molecule has 4 rings (SSSR count). The normalized spacial score (nSPS) is 15.4. The number of fused-ring (bicyclic) bond motifs is 1.